The first-order chi connectivity index (χ1) is 16.8. The zero-order chi connectivity index (χ0) is 25.1. The Kier molecular flexibility index (Phi) is 7.02. The van der Waals surface area contributed by atoms with Crippen molar-refractivity contribution in [3.63, 3.8) is 0 Å². The molecule has 0 bridgehead atoms. The van der Waals surface area contributed by atoms with Crippen LogP contribution in [-0.2, 0) is 4.79 Å². The van der Waals surface area contributed by atoms with Gasteiger partial charge in [-0.1, -0.05) is 43.2 Å². The molecule has 1 saturated carbocycles. The Hall–Kier alpha value is -3.92. The number of carbonyl (C=O) groups is 3. The van der Waals surface area contributed by atoms with Crippen molar-refractivity contribution in [2.45, 2.75) is 44.7 Å². The number of rotatable bonds is 7. The van der Waals surface area contributed by atoms with Crippen molar-refractivity contribution < 1.29 is 19.5 Å². The summed E-state index contributed by atoms with van der Waals surface area (Å²) in [6.07, 6.45) is 3.80. The summed E-state index contributed by atoms with van der Waals surface area (Å²) in [6, 6.07) is 12.3. The molecule has 0 saturated heterocycles. The predicted molar refractivity (Wildman–Crippen MR) is 134 cm³/mol. The highest BCUT2D eigenvalue weighted by Gasteiger charge is 2.37. The second kappa shape index (κ2) is 10.1. The number of phenolic OH excluding ortho intramolecular Hbond substituents is 1. The number of nitrogens with zero attached hydrogens (tertiary/aromatic N) is 2. The Bertz CT molecular complexity index is 1250. The van der Waals surface area contributed by atoms with Crippen molar-refractivity contribution in [3.05, 3.63) is 70.2 Å². The number of nitrogens with two attached hydrogens (primary N) is 2. The quantitative estimate of drug-likeness (QED) is 0.396. The van der Waals surface area contributed by atoms with Crippen molar-refractivity contribution in [1.29, 1.82) is 0 Å². The van der Waals surface area contributed by atoms with E-state index in [1.54, 1.807) is 24.3 Å². The van der Waals surface area contributed by atoms with Gasteiger partial charge in [-0.25, -0.2) is 0 Å². The molecule has 1 aromatic heterocycles. The molecule has 3 amide bonds. The molecular weight excluding hydrogens is 466 g/mol. The van der Waals surface area contributed by atoms with E-state index < -0.39 is 17.9 Å². The minimum Gasteiger partial charge on any atom is -0.508 e. The molecule has 1 heterocycles. The number of aromatic nitrogens is 1. The molecule has 0 radical (unpaired) electrons. The number of para-hydroxylation sites is 1. The number of benzene rings is 2. The average Bonchev–Trinajstić information content (AvgIpc) is 3.48. The molecule has 182 valence electrons. The fraction of sp³-hybridized carbons (Fsp3) is 0.280. The monoisotopic (exact) mass is 493 g/mol. The summed E-state index contributed by atoms with van der Waals surface area (Å²) < 4.78 is 3.97. The third kappa shape index (κ3) is 4.97. The summed E-state index contributed by atoms with van der Waals surface area (Å²) in [7, 11) is 0. The number of carbonyl (C=O) groups excluding carboxylic acids is 3. The van der Waals surface area contributed by atoms with E-state index >= 15 is 0 Å². The number of phenols is 1. The van der Waals surface area contributed by atoms with Gasteiger partial charge in [-0.2, -0.15) is 4.37 Å². The van der Waals surface area contributed by atoms with E-state index in [9.17, 15) is 19.5 Å². The molecule has 3 aromatic rings. The van der Waals surface area contributed by atoms with E-state index in [1.807, 2.05) is 19.1 Å². The average molecular weight is 494 g/mol. The maximum Gasteiger partial charge on any atom is 0.273 e. The van der Waals surface area contributed by atoms with Crippen LogP contribution in [0.2, 0.25) is 0 Å². The summed E-state index contributed by atoms with van der Waals surface area (Å²) in [6.45, 7) is 1.84. The van der Waals surface area contributed by atoms with Gasteiger partial charge in [0.05, 0.1) is 5.69 Å². The highest BCUT2D eigenvalue weighted by Crippen LogP contribution is 2.35. The fourth-order valence-electron chi connectivity index (χ4n) is 4.36. The van der Waals surface area contributed by atoms with Gasteiger partial charge >= 0.3 is 0 Å². The molecule has 10 heteroatoms. The standard InChI is InChI=1S/C25H27N5O4S/c1-14-6-2-5-9-18(14)30(25(34)22-19(26)20(23(27)32)29-35-22)21(15-10-12-17(31)13-11-15)24(33)28-16-7-3-4-8-16/h2,5-6,9-13,16,21,31H,3-4,7-8,26H2,1H3,(H2,27,32)(H,28,33). The maximum absolute atomic E-state index is 14.0. The van der Waals surface area contributed by atoms with Crippen LogP contribution in [0.5, 0.6) is 5.75 Å². The van der Waals surface area contributed by atoms with Crippen LogP contribution in [0, 0.1) is 6.92 Å². The van der Waals surface area contributed by atoms with Crippen LogP contribution in [-0.4, -0.2) is 33.2 Å². The first-order valence-corrected chi connectivity index (χ1v) is 12.1. The van der Waals surface area contributed by atoms with E-state index in [2.05, 4.69) is 9.69 Å². The van der Waals surface area contributed by atoms with Crippen LogP contribution in [0.15, 0.2) is 48.5 Å². The maximum atomic E-state index is 14.0. The number of nitrogens with one attached hydrogen (secondary N) is 1. The van der Waals surface area contributed by atoms with Crippen molar-refractivity contribution in [3.8, 4) is 5.75 Å². The third-order valence-corrected chi connectivity index (χ3v) is 7.02. The van der Waals surface area contributed by atoms with Crippen LogP contribution in [0.4, 0.5) is 11.4 Å². The summed E-state index contributed by atoms with van der Waals surface area (Å²) >= 11 is 0.762. The first-order valence-electron chi connectivity index (χ1n) is 11.3. The molecule has 9 nitrogen and oxygen atoms in total. The lowest BCUT2D eigenvalue weighted by atomic mass is 10.0. The van der Waals surface area contributed by atoms with Gasteiger partial charge in [-0.05, 0) is 60.6 Å². The highest BCUT2D eigenvalue weighted by molar-refractivity contribution is 7.09. The molecule has 0 aliphatic heterocycles. The Labute approximate surface area is 206 Å². The van der Waals surface area contributed by atoms with Gasteiger partial charge in [-0.3, -0.25) is 19.3 Å². The summed E-state index contributed by atoms with van der Waals surface area (Å²) in [5.74, 6) is -1.73. The summed E-state index contributed by atoms with van der Waals surface area (Å²) in [5.41, 5.74) is 12.9. The zero-order valence-electron chi connectivity index (χ0n) is 19.2. The number of amides is 3. The Balaban J connectivity index is 1.86. The van der Waals surface area contributed by atoms with Crippen LogP contribution >= 0.6 is 11.5 Å². The summed E-state index contributed by atoms with van der Waals surface area (Å²) in [5, 5.41) is 12.9. The van der Waals surface area contributed by atoms with E-state index in [-0.39, 0.29) is 34.0 Å². The van der Waals surface area contributed by atoms with Crippen molar-refractivity contribution in [2.75, 3.05) is 10.6 Å². The van der Waals surface area contributed by atoms with Gasteiger partial charge in [-0.15, -0.1) is 0 Å². The second-order valence-corrected chi connectivity index (χ2v) is 9.36. The van der Waals surface area contributed by atoms with Crippen molar-refractivity contribution in [1.82, 2.24) is 9.69 Å². The number of aryl methyl sites for hydroxylation is 1. The molecule has 4 rings (SSSR count). The molecular formula is C25H27N5O4S. The molecule has 1 aliphatic rings. The molecule has 1 atom stereocenters. The predicted octanol–water partition coefficient (Wildman–Crippen LogP) is 3.29. The topological polar surface area (TPSA) is 152 Å². The SMILES string of the molecule is Cc1ccccc1N(C(=O)c1snc(C(N)=O)c1N)C(C(=O)NC1CCCC1)c1ccc(O)cc1. The van der Waals surface area contributed by atoms with E-state index in [1.165, 1.54) is 17.0 Å². The molecule has 1 aliphatic carbocycles. The van der Waals surface area contributed by atoms with E-state index in [4.69, 9.17) is 11.5 Å². The van der Waals surface area contributed by atoms with Crippen LogP contribution in [0.3, 0.4) is 0 Å². The molecule has 6 N–H and O–H groups in total. The lowest BCUT2D eigenvalue weighted by molar-refractivity contribution is -0.123. The summed E-state index contributed by atoms with van der Waals surface area (Å²) in [4.78, 5) is 40.9. The largest absolute Gasteiger partial charge is 0.508 e. The minimum absolute atomic E-state index is 0.0134. The van der Waals surface area contributed by atoms with Gasteiger partial charge < -0.3 is 21.9 Å². The Morgan fingerprint density at radius 2 is 1.77 bits per heavy atom. The number of hydrogen-bond acceptors (Lipinski definition) is 7. The van der Waals surface area contributed by atoms with Crippen molar-refractivity contribution in [2.24, 2.45) is 5.73 Å². The van der Waals surface area contributed by atoms with Crippen LogP contribution in [0.1, 0.15) is 63.0 Å². The molecule has 1 unspecified atom stereocenters. The van der Waals surface area contributed by atoms with Crippen molar-refractivity contribution >= 4 is 40.6 Å². The smallest absolute Gasteiger partial charge is 0.273 e. The normalized spacial score (nSPS) is 14.4. The van der Waals surface area contributed by atoms with Gasteiger partial charge in [0, 0.05) is 11.7 Å². The van der Waals surface area contributed by atoms with Crippen LogP contribution in [0.25, 0.3) is 0 Å². The lowest BCUT2D eigenvalue weighted by Crippen LogP contribution is -2.46. The molecule has 1 fully saturated rings. The number of nitrogen functional groups attached to an aromatic ring is 1. The highest BCUT2D eigenvalue weighted by atomic mass is 32.1. The van der Waals surface area contributed by atoms with Gasteiger partial charge in [0.25, 0.3) is 11.8 Å². The Morgan fingerprint density at radius 3 is 2.37 bits per heavy atom. The molecule has 0 spiro atoms. The van der Waals surface area contributed by atoms with Gasteiger partial charge in [0.1, 0.15) is 16.7 Å². The first kappa shape index (κ1) is 24.2. The zero-order valence-corrected chi connectivity index (χ0v) is 20.0. The minimum atomic E-state index is -1.07. The van der Waals surface area contributed by atoms with Gasteiger partial charge in [0.2, 0.25) is 5.91 Å². The fourth-order valence-corrected chi connectivity index (χ4v) is 5.10. The van der Waals surface area contributed by atoms with E-state index in [0.717, 1.165) is 42.8 Å². The second-order valence-electron chi connectivity index (χ2n) is 8.58. The Morgan fingerprint density at radius 1 is 1.11 bits per heavy atom. The number of hydrogen-bond donors (Lipinski definition) is 4. The number of anilines is 2. The molecule has 35 heavy (non-hydrogen) atoms. The third-order valence-electron chi connectivity index (χ3n) is 6.17. The number of aromatic hydroxyl groups is 1. The number of primary amides is 1. The lowest BCUT2D eigenvalue weighted by Gasteiger charge is -2.33. The van der Waals surface area contributed by atoms with Gasteiger partial charge in [0.15, 0.2) is 5.69 Å². The van der Waals surface area contributed by atoms with E-state index in [0.29, 0.717) is 11.3 Å². The molecule has 2 aromatic carbocycles. The van der Waals surface area contributed by atoms with Crippen LogP contribution < -0.4 is 21.7 Å².